The van der Waals surface area contributed by atoms with Crippen LogP contribution in [0.1, 0.15) is 137 Å². The Hall–Kier alpha value is -2.08. The Morgan fingerprint density at radius 2 is 1.45 bits per heavy atom. The maximum absolute atomic E-state index is 12.9. The maximum Gasteiger partial charge on any atom is 0.407 e. The first-order valence-electron chi connectivity index (χ1n) is 27.2. The van der Waals surface area contributed by atoms with Crippen molar-refractivity contribution in [2.45, 2.75) is 235 Å². The fraction of sp³-hybridized carbons (Fsp3) is 0.923. The van der Waals surface area contributed by atoms with Gasteiger partial charge in [0.15, 0.2) is 12.6 Å². The highest BCUT2D eigenvalue weighted by molar-refractivity contribution is 5.75. The van der Waals surface area contributed by atoms with Gasteiger partial charge in [0.2, 0.25) is 5.91 Å². The molecule has 6 fully saturated rings. The summed E-state index contributed by atoms with van der Waals surface area (Å²) in [5.41, 5.74) is 20.6. The van der Waals surface area contributed by atoms with Crippen LogP contribution in [0.3, 0.4) is 0 Å². The monoisotopic (exact) mass is 1010 g/mol. The van der Waals surface area contributed by atoms with E-state index in [0.29, 0.717) is 37.1 Å². The molecule has 19 nitrogen and oxygen atoms in total. The van der Waals surface area contributed by atoms with Crippen LogP contribution in [0.15, 0.2) is 11.6 Å². The normalized spacial score (nSPS) is 45.0. The number of hydrogen-bond donors (Lipinski definition) is 12. The Balaban J connectivity index is 0.795. The van der Waals surface area contributed by atoms with Crippen LogP contribution in [-0.2, 0) is 28.5 Å². The third-order valence-electron chi connectivity index (χ3n) is 18.6. The van der Waals surface area contributed by atoms with E-state index in [1.807, 2.05) is 0 Å². The van der Waals surface area contributed by atoms with E-state index in [1.165, 1.54) is 50.5 Å². The number of allylic oxidation sites excluding steroid dienone is 1. The van der Waals surface area contributed by atoms with Gasteiger partial charge in [-0.2, -0.15) is 0 Å². The van der Waals surface area contributed by atoms with Gasteiger partial charge in [-0.25, -0.2) is 4.79 Å². The summed E-state index contributed by atoms with van der Waals surface area (Å²) in [6.45, 7) is 11.9. The van der Waals surface area contributed by atoms with Crippen molar-refractivity contribution in [2.24, 2.45) is 63.5 Å². The predicted molar refractivity (Wildman–Crippen MR) is 262 cm³/mol. The number of amides is 2. The van der Waals surface area contributed by atoms with E-state index in [0.717, 1.165) is 55.3 Å². The summed E-state index contributed by atoms with van der Waals surface area (Å²) in [5, 5.41) is 79.7. The van der Waals surface area contributed by atoms with E-state index < -0.39 is 104 Å². The van der Waals surface area contributed by atoms with Gasteiger partial charge < -0.3 is 87.3 Å². The van der Waals surface area contributed by atoms with Gasteiger partial charge >= 0.3 is 6.09 Å². The molecule has 0 aromatic carbocycles. The van der Waals surface area contributed by atoms with Crippen molar-refractivity contribution in [3.05, 3.63) is 11.6 Å². The number of alkyl carbamates (subject to hydrolysis) is 1. The molecule has 5 aliphatic carbocycles. The highest BCUT2D eigenvalue weighted by Gasteiger charge is 2.59. The Morgan fingerprint density at radius 3 is 2.14 bits per heavy atom. The summed E-state index contributed by atoms with van der Waals surface area (Å²) in [5.74, 6) is 4.34. The van der Waals surface area contributed by atoms with E-state index in [4.69, 9.17) is 40.9 Å². The molecule has 0 aromatic rings. The topological polar surface area (TPSA) is 324 Å². The number of nitrogens with two attached hydrogens (primary N) is 3. The van der Waals surface area contributed by atoms with Gasteiger partial charge in [0, 0.05) is 38.0 Å². The van der Waals surface area contributed by atoms with E-state index in [2.05, 4.69) is 51.3 Å². The van der Waals surface area contributed by atoms with Gasteiger partial charge in [-0.05, 0) is 111 Å². The third-order valence-corrected chi connectivity index (χ3v) is 18.6. The summed E-state index contributed by atoms with van der Waals surface area (Å²) in [4.78, 5) is 25.8. The molecular formula is C52H91N5O14. The Labute approximate surface area is 420 Å². The van der Waals surface area contributed by atoms with Gasteiger partial charge in [-0.1, -0.05) is 72.0 Å². The zero-order valence-electron chi connectivity index (χ0n) is 42.9. The quantitative estimate of drug-likeness (QED) is 0.0645. The molecule has 4 saturated carbocycles. The highest BCUT2D eigenvalue weighted by atomic mass is 16.7. The SMILES string of the molecule is CC(C)CCC[C@@H](C)[C@H]1CC[C@H]2[C@@H]3CC=C4C[C@@H](OC(=O)NCCCCCC(=O)NC[C@H]5O[C@H](O[C@H]6[C@H](O)[C@@H](O[C@H]7O[C@H](CO)[C@@H](O)[C@H](N)[C@H]7O)[C@H](N)C[C@@H]6N)[C@H](O)[C@@H](O)[C@@H]5O)CC[C@]4(C)[C@H]3CC[C@]12C. The first kappa shape index (κ1) is 56.6. The molecule has 0 bridgehead atoms. The average Bonchev–Trinajstić information content (AvgIpc) is 3.69. The Morgan fingerprint density at radius 1 is 0.761 bits per heavy atom. The molecule has 0 unspecified atom stereocenters. The lowest BCUT2D eigenvalue weighted by atomic mass is 9.47. The minimum Gasteiger partial charge on any atom is -0.446 e. The lowest BCUT2D eigenvalue weighted by Crippen LogP contribution is -2.68. The number of hydrogen-bond acceptors (Lipinski definition) is 17. The molecule has 2 amide bonds. The summed E-state index contributed by atoms with van der Waals surface area (Å²) >= 11 is 0. The van der Waals surface area contributed by atoms with E-state index in [1.54, 1.807) is 0 Å². The van der Waals surface area contributed by atoms with Crippen LogP contribution < -0.4 is 27.8 Å². The predicted octanol–water partition coefficient (Wildman–Crippen LogP) is 1.56. The molecular weight excluding hydrogens is 919 g/mol. The van der Waals surface area contributed by atoms with Crippen molar-refractivity contribution in [2.75, 3.05) is 19.7 Å². The number of carbonyl (C=O) groups is 2. The Kier molecular flexibility index (Phi) is 19.4. The largest absolute Gasteiger partial charge is 0.446 e. The highest BCUT2D eigenvalue weighted by Crippen LogP contribution is 2.67. The minimum atomic E-state index is -1.78. The van der Waals surface area contributed by atoms with Crippen LogP contribution in [0.4, 0.5) is 4.79 Å². The fourth-order valence-corrected chi connectivity index (χ4v) is 14.4. The number of carbonyl (C=O) groups excluding carboxylic acids is 2. The molecule has 15 N–H and O–H groups in total. The number of unbranched alkanes of at least 4 members (excludes halogenated alkanes) is 2. The van der Waals surface area contributed by atoms with Crippen LogP contribution >= 0.6 is 0 Å². The summed E-state index contributed by atoms with van der Waals surface area (Å²) in [7, 11) is 0. The van der Waals surface area contributed by atoms with Crippen molar-refractivity contribution in [3.63, 3.8) is 0 Å². The smallest absolute Gasteiger partial charge is 0.407 e. The number of fused-ring (bicyclic) bond motifs is 5. The van der Waals surface area contributed by atoms with Crippen LogP contribution in [-0.4, -0.2) is 165 Å². The third kappa shape index (κ3) is 12.5. The van der Waals surface area contributed by atoms with Gasteiger partial charge in [0.05, 0.1) is 12.6 Å². The fourth-order valence-electron chi connectivity index (χ4n) is 14.4. The van der Waals surface area contributed by atoms with E-state index in [9.17, 15) is 45.3 Å². The van der Waals surface area contributed by atoms with Crippen molar-refractivity contribution < 1.29 is 69.0 Å². The number of rotatable bonds is 19. The molecule has 0 spiro atoms. The van der Waals surface area contributed by atoms with Gasteiger partial charge in [-0.15, -0.1) is 0 Å². The maximum atomic E-state index is 12.9. The van der Waals surface area contributed by atoms with Gasteiger partial charge in [0.1, 0.15) is 67.1 Å². The average molecular weight is 1010 g/mol. The standard InChI is InChI=1S/C52H91N5O14/c1-26(2)10-9-11-27(3)31-15-16-32-30-14-13-28-22-29(17-19-51(28,4)33(30)18-20-52(31,32)5)67-50(66)56-21-8-6-7-12-38(59)57-24-36-41(61)43(63)44(64)49(68-36)71-47-35(54)23-34(53)46(45(47)65)70-48-42(62)39(55)40(60)37(25-58)69-48/h13,26-27,29-37,39-49,58,60-65H,6-12,14-25,53-55H2,1-5H3,(H,56,66)(H,57,59)/t27-,29+,30+,31-,32+,33+,34-,35+,36-,37-,39+,40-,41-,42-,43+,44-,45-,46+,47-,48-,49-,51+,52-/m1/s1. The second-order valence-electron chi connectivity index (χ2n) is 23.7. The lowest BCUT2D eigenvalue weighted by Gasteiger charge is -2.58. The van der Waals surface area contributed by atoms with Crippen molar-refractivity contribution >= 4 is 12.0 Å². The number of aliphatic hydroxyl groups excluding tert-OH is 7. The second kappa shape index (κ2) is 24.3. The number of aliphatic hydroxyl groups is 7. The van der Waals surface area contributed by atoms with Crippen molar-refractivity contribution in [1.29, 1.82) is 0 Å². The molecule has 7 rings (SSSR count). The summed E-state index contributed by atoms with van der Waals surface area (Å²) in [6.07, 6.45) is -0.431. The molecule has 0 radical (unpaired) electrons. The van der Waals surface area contributed by atoms with Crippen LogP contribution in [0.2, 0.25) is 0 Å². The molecule has 71 heavy (non-hydrogen) atoms. The Bertz CT molecular complexity index is 1780. The van der Waals surface area contributed by atoms with Crippen molar-refractivity contribution in [1.82, 2.24) is 10.6 Å². The zero-order chi connectivity index (χ0) is 51.5. The van der Waals surface area contributed by atoms with Gasteiger partial charge in [0.25, 0.3) is 0 Å². The molecule has 0 aromatic heterocycles. The van der Waals surface area contributed by atoms with E-state index >= 15 is 0 Å². The van der Waals surface area contributed by atoms with Gasteiger partial charge in [-0.3, -0.25) is 4.79 Å². The molecule has 2 aliphatic heterocycles. The first-order valence-corrected chi connectivity index (χ1v) is 27.2. The summed E-state index contributed by atoms with van der Waals surface area (Å²) < 4.78 is 29.0. The molecule has 23 atom stereocenters. The molecule has 7 aliphatic rings. The van der Waals surface area contributed by atoms with Crippen LogP contribution in [0, 0.1) is 46.3 Å². The van der Waals surface area contributed by atoms with E-state index in [-0.39, 0.29) is 36.8 Å². The first-order chi connectivity index (χ1) is 33.7. The lowest BCUT2D eigenvalue weighted by molar-refractivity contribution is -0.332. The molecule has 2 heterocycles. The second-order valence-corrected chi connectivity index (χ2v) is 23.7. The number of ether oxygens (including phenoxy) is 5. The number of nitrogens with one attached hydrogen (secondary N) is 2. The molecule has 408 valence electrons. The van der Waals surface area contributed by atoms with Crippen LogP contribution in [0.25, 0.3) is 0 Å². The zero-order valence-corrected chi connectivity index (χ0v) is 42.9. The molecule has 2 saturated heterocycles. The van der Waals surface area contributed by atoms with Crippen molar-refractivity contribution in [3.8, 4) is 0 Å². The van der Waals surface area contributed by atoms with Crippen LogP contribution in [0.5, 0.6) is 0 Å². The summed E-state index contributed by atoms with van der Waals surface area (Å²) in [6, 6.07) is -3.06. The minimum absolute atomic E-state index is 0.0270. The molecule has 19 heteroatoms.